The number of nitrogen functional groups attached to an aromatic ring is 2. The second-order valence-corrected chi connectivity index (χ2v) is 15.5. The first kappa shape index (κ1) is 38.8. The maximum Gasteiger partial charge on any atom is 0.407 e. The van der Waals surface area contributed by atoms with Crippen molar-refractivity contribution in [3.05, 3.63) is 121 Å². The molecule has 4 heterocycles. The van der Waals surface area contributed by atoms with Crippen LogP contribution in [0, 0.1) is 11.6 Å². The molecule has 2 unspecified atom stereocenters. The van der Waals surface area contributed by atoms with E-state index < -0.39 is 23.8 Å². The maximum absolute atomic E-state index is 15.9. The summed E-state index contributed by atoms with van der Waals surface area (Å²) < 4.78 is 42.9. The van der Waals surface area contributed by atoms with Gasteiger partial charge in [-0.25, -0.2) is 23.5 Å². The number of nitrogens with two attached hydrogens (primary N) is 2. The van der Waals surface area contributed by atoms with Crippen LogP contribution < -0.4 is 16.8 Å². The largest absolute Gasteiger partial charge is 0.443 e. The van der Waals surface area contributed by atoms with Crippen LogP contribution in [0.2, 0.25) is 0 Å². The summed E-state index contributed by atoms with van der Waals surface area (Å²) in [6.45, 7) is 1.36. The lowest BCUT2D eigenvalue weighted by molar-refractivity contribution is -0.136. The number of hydrogen-bond donors (Lipinski definition) is 3. The van der Waals surface area contributed by atoms with Crippen LogP contribution in [0.1, 0.15) is 11.7 Å². The number of nitrogens with one attached hydrogen (secondary N) is 1. The van der Waals surface area contributed by atoms with E-state index in [9.17, 15) is 9.59 Å². The fourth-order valence-corrected chi connectivity index (χ4v) is 8.89. The molecule has 0 aliphatic carbocycles. The number of carbonyl (C=O) groups is 2. The van der Waals surface area contributed by atoms with Crippen LogP contribution in [0.4, 0.5) is 25.2 Å². The van der Waals surface area contributed by atoms with Gasteiger partial charge in [-0.1, -0.05) is 42.5 Å². The summed E-state index contributed by atoms with van der Waals surface area (Å²) >= 11 is 2.87. The van der Waals surface area contributed by atoms with Crippen molar-refractivity contribution in [3.63, 3.8) is 0 Å². The number of ether oxygens (including phenoxy) is 2. The summed E-state index contributed by atoms with van der Waals surface area (Å²) in [5, 5.41) is 2.68. The molecule has 5 N–H and O–H groups in total. The Morgan fingerprint density at radius 2 is 1.47 bits per heavy atom. The molecule has 8 rings (SSSR count). The highest BCUT2D eigenvalue weighted by Crippen LogP contribution is 2.41. The zero-order valence-electron chi connectivity index (χ0n) is 30.8. The molecule has 0 bridgehead atoms. The number of morpholine rings is 1. The van der Waals surface area contributed by atoms with E-state index in [1.54, 1.807) is 17.0 Å². The summed E-state index contributed by atoms with van der Waals surface area (Å²) in [6, 6.07) is 23.2. The summed E-state index contributed by atoms with van der Waals surface area (Å²) in [7, 11) is 0. The first-order valence-electron chi connectivity index (χ1n) is 18.3. The fourth-order valence-electron chi connectivity index (χ4n) is 6.80. The van der Waals surface area contributed by atoms with Gasteiger partial charge in [0, 0.05) is 38.8 Å². The predicted molar refractivity (Wildman–Crippen MR) is 220 cm³/mol. The Morgan fingerprint density at radius 3 is 2.12 bits per heavy atom. The van der Waals surface area contributed by atoms with Crippen molar-refractivity contribution in [1.29, 1.82) is 0 Å². The van der Waals surface area contributed by atoms with Gasteiger partial charge in [-0.15, -0.1) is 23.5 Å². The standard InChI is InChI=1S/C42H36F2N8O4S2/c43-31-14-24(8-10-28(31)33-17-49-38(45)19-47-33)27-4-1-2-6-36(27)58-23-40(53)52-12-13-55-35(21-52)30-5-3-7-37(57-22-26-16-51-42(54)56-26)41(30)25-9-11-29(32(44)15-25)34-18-50-39(46)20-48-34/h1-11,14-15,17-20,26,35H,12-13,16,21-23H2,(H2,45,49)(H2,46,50)(H,51,54). The minimum absolute atomic E-state index is 0.0841. The van der Waals surface area contributed by atoms with Crippen LogP contribution in [0.3, 0.4) is 0 Å². The van der Waals surface area contributed by atoms with Gasteiger partial charge < -0.3 is 31.2 Å². The molecule has 16 heteroatoms. The van der Waals surface area contributed by atoms with E-state index in [-0.39, 0.29) is 41.5 Å². The Bertz CT molecular complexity index is 2480. The molecule has 2 aromatic heterocycles. The molecule has 0 saturated carbocycles. The summed E-state index contributed by atoms with van der Waals surface area (Å²) in [5.41, 5.74) is 16.2. The molecule has 2 saturated heterocycles. The molecule has 0 spiro atoms. The molecule has 294 valence electrons. The fraction of sp³-hybridized carbons (Fsp3) is 0.190. The number of carbonyl (C=O) groups excluding carboxylic acids is 2. The summed E-state index contributed by atoms with van der Waals surface area (Å²) in [5.74, 6) is 0.0542. The number of halogens is 2. The number of benzene rings is 4. The molecule has 12 nitrogen and oxygen atoms in total. The van der Waals surface area contributed by atoms with Crippen LogP contribution in [0.5, 0.6) is 0 Å². The van der Waals surface area contributed by atoms with Crippen LogP contribution in [-0.2, 0) is 14.3 Å². The van der Waals surface area contributed by atoms with Crippen LogP contribution in [0.15, 0.2) is 113 Å². The van der Waals surface area contributed by atoms with Crippen LogP contribution in [-0.4, -0.2) is 80.7 Å². The van der Waals surface area contributed by atoms with Gasteiger partial charge in [0.2, 0.25) is 5.91 Å². The molecule has 4 aromatic carbocycles. The third kappa shape index (κ3) is 8.58. The van der Waals surface area contributed by atoms with Gasteiger partial charge >= 0.3 is 6.09 Å². The average Bonchev–Trinajstić information content (AvgIpc) is 3.67. The Labute approximate surface area is 340 Å². The van der Waals surface area contributed by atoms with Gasteiger partial charge in [-0.3, -0.25) is 14.8 Å². The number of cyclic esters (lactones) is 1. The molecular formula is C42H36F2N8O4S2. The lowest BCUT2D eigenvalue weighted by Gasteiger charge is -2.34. The number of aromatic nitrogens is 4. The lowest BCUT2D eigenvalue weighted by Crippen LogP contribution is -2.43. The molecular weight excluding hydrogens is 783 g/mol. The van der Waals surface area contributed by atoms with E-state index in [4.69, 9.17) is 20.9 Å². The number of anilines is 2. The smallest absolute Gasteiger partial charge is 0.407 e. The molecule has 6 aromatic rings. The van der Waals surface area contributed by atoms with E-state index >= 15 is 8.78 Å². The summed E-state index contributed by atoms with van der Waals surface area (Å²) in [4.78, 5) is 45.5. The minimum atomic E-state index is -0.519. The number of amides is 2. The zero-order valence-corrected chi connectivity index (χ0v) is 32.4. The molecule has 2 aliphatic heterocycles. The van der Waals surface area contributed by atoms with Crippen molar-refractivity contribution in [2.45, 2.75) is 22.0 Å². The highest BCUT2D eigenvalue weighted by molar-refractivity contribution is 8.00. The average molecular weight is 819 g/mol. The Kier molecular flexibility index (Phi) is 11.5. The van der Waals surface area contributed by atoms with Crippen molar-refractivity contribution < 1.29 is 27.8 Å². The Morgan fingerprint density at radius 1 is 0.793 bits per heavy atom. The van der Waals surface area contributed by atoms with Crippen molar-refractivity contribution in [3.8, 4) is 44.8 Å². The predicted octanol–water partition coefficient (Wildman–Crippen LogP) is 7.27. The number of nitrogens with zero attached hydrogens (tertiary/aromatic N) is 5. The second-order valence-electron chi connectivity index (χ2n) is 13.5. The third-order valence-electron chi connectivity index (χ3n) is 9.67. The summed E-state index contributed by atoms with van der Waals surface area (Å²) in [6.07, 6.45) is 4.31. The topological polar surface area (TPSA) is 171 Å². The molecule has 0 radical (unpaired) electrons. The molecule has 2 atom stereocenters. The molecule has 2 fully saturated rings. The normalized spacial score (nSPS) is 16.5. The monoisotopic (exact) mass is 818 g/mol. The number of alkyl carbamates (subject to hydrolysis) is 1. The lowest BCUT2D eigenvalue weighted by atomic mass is 9.94. The minimum Gasteiger partial charge on any atom is -0.443 e. The van der Waals surface area contributed by atoms with Gasteiger partial charge in [-0.05, 0) is 58.7 Å². The van der Waals surface area contributed by atoms with Gasteiger partial charge in [0.15, 0.2) is 0 Å². The van der Waals surface area contributed by atoms with Gasteiger partial charge in [-0.2, -0.15) is 0 Å². The van der Waals surface area contributed by atoms with Gasteiger partial charge in [0.1, 0.15) is 35.5 Å². The van der Waals surface area contributed by atoms with E-state index in [0.717, 1.165) is 26.5 Å². The Balaban J connectivity index is 1.02. The third-order valence-corrected chi connectivity index (χ3v) is 11.9. The van der Waals surface area contributed by atoms with E-state index in [0.29, 0.717) is 53.5 Å². The van der Waals surface area contributed by atoms with Crippen molar-refractivity contribution in [2.24, 2.45) is 0 Å². The number of hydrogen-bond acceptors (Lipinski definition) is 12. The number of thioether (sulfide) groups is 2. The molecule has 58 heavy (non-hydrogen) atoms. The SMILES string of the molecule is Nc1cnc(-c2ccc(-c3ccccc3SCC(=O)N3CCOC(c4cccc(SCC5CNC(=O)O5)c4-c4ccc(-c5cnc(N)cn5)c(F)c4)C3)cc2F)cn1. The zero-order chi connectivity index (χ0) is 40.2. The van der Waals surface area contributed by atoms with Gasteiger partial charge in [0.25, 0.3) is 0 Å². The second kappa shape index (κ2) is 17.2. The molecule has 2 amide bonds. The highest BCUT2D eigenvalue weighted by atomic mass is 32.2. The van der Waals surface area contributed by atoms with Crippen molar-refractivity contribution in [2.75, 3.05) is 49.2 Å². The quantitative estimate of drug-likeness (QED) is 0.112. The first-order chi connectivity index (χ1) is 28.2. The van der Waals surface area contributed by atoms with Crippen molar-refractivity contribution in [1.82, 2.24) is 30.2 Å². The van der Waals surface area contributed by atoms with E-state index in [1.807, 2.05) is 54.6 Å². The van der Waals surface area contributed by atoms with Crippen LogP contribution in [0.25, 0.3) is 44.8 Å². The van der Waals surface area contributed by atoms with Crippen molar-refractivity contribution >= 4 is 47.2 Å². The Hall–Kier alpha value is -6.10. The van der Waals surface area contributed by atoms with E-state index in [1.165, 1.54) is 60.4 Å². The molecule has 2 aliphatic rings. The number of rotatable bonds is 11. The van der Waals surface area contributed by atoms with E-state index in [2.05, 4.69) is 25.3 Å². The highest BCUT2D eigenvalue weighted by Gasteiger charge is 2.30. The first-order valence-corrected chi connectivity index (χ1v) is 20.2. The van der Waals surface area contributed by atoms with Gasteiger partial charge in [0.05, 0.1) is 61.6 Å². The maximum atomic E-state index is 15.9. The van der Waals surface area contributed by atoms with Crippen LogP contribution >= 0.6 is 23.5 Å².